The minimum absolute atomic E-state index is 0.113. The number of hydrogen-bond acceptors (Lipinski definition) is 5. The van der Waals surface area contributed by atoms with Gasteiger partial charge in [-0.1, -0.05) is 30.3 Å². The van der Waals surface area contributed by atoms with E-state index in [2.05, 4.69) is 10.6 Å². The van der Waals surface area contributed by atoms with Crippen molar-refractivity contribution in [3.8, 4) is 11.5 Å². The lowest BCUT2D eigenvalue weighted by molar-refractivity contribution is -0.124. The number of nitrogens with one attached hydrogen (secondary N) is 2. The van der Waals surface area contributed by atoms with Crippen molar-refractivity contribution in [1.82, 2.24) is 10.6 Å². The Balaban J connectivity index is 1.59. The highest BCUT2D eigenvalue weighted by atomic mass is 16.7. The predicted octanol–water partition coefficient (Wildman–Crippen LogP) is 0.822. The summed E-state index contributed by atoms with van der Waals surface area (Å²) in [5.74, 6) is 0.102. The monoisotopic (exact) mass is 342 g/mol. The first-order chi connectivity index (χ1) is 12.2. The molecule has 2 aromatic carbocycles. The van der Waals surface area contributed by atoms with E-state index < -0.39 is 24.5 Å². The highest BCUT2D eigenvalue weighted by molar-refractivity contribution is 5.98. The third kappa shape index (κ3) is 4.07. The Morgan fingerprint density at radius 3 is 2.60 bits per heavy atom. The van der Waals surface area contributed by atoms with E-state index in [4.69, 9.17) is 9.47 Å². The topological polar surface area (TPSA) is 96.9 Å². The molecule has 0 saturated heterocycles. The second-order valence-corrected chi connectivity index (χ2v) is 5.48. The van der Waals surface area contributed by atoms with Crippen LogP contribution < -0.4 is 20.1 Å². The first-order valence-corrected chi connectivity index (χ1v) is 7.80. The van der Waals surface area contributed by atoms with E-state index in [1.54, 1.807) is 12.1 Å². The molecule has 0 fully saturated rings. The summed E-state index contributed by atoms with van der Waals surface area (Å²) >= 11 is 0. The van der Waals surface area contributed by atoms with Gasteiger partial charge in [-0.25, -0.2) is 0 Å². The summed E-state index contributed by atoms with van der Waals surface area (Å²) in [6, 6.07) is 13.1. The molecule has 1 unspecified atom stereocenters. The fourth-order valence-electron chi connectivity index (χ4n) is 2.38. The van der Waals surface area contributed by atoms with Crippen LogP contribution in [0.3, 0.4) is 0 Å². The molecule has 1 atom stereocenters. The lowest BCUT2D eigenvalue weighted by Crippen LogP contribution is -2.48. The molecule has 0 spiro atoms. The fraction of sp³-hybridized carbons (Fsp3) is 0.222. The number of benzene rings is 2. The maximum Gasteiger partial charge on any atom is 0.252 e. The summed E-state index contributed by atoms with van der Waals surface area (Å²) in [7, 11) is 0. The maximum atomic E-state index is 12.3. The van der Waals surface area contributed by atoms with E-state index >= 15 is 0 Å². The summed E-state index contributed by atoms with van der Waals surface area (Å²) in [6.45, 7) is -0.0749. The molecule has 1 aliphatic rings. The molecule has 0 saturated carbocycles. The van der Waals surface area contributed by atoms with Gasteiger partial charge in [-0.2, -0.15) is 0 Å². The van der Waals surface area contributed by atoms with Crippen LogP contribution in [0.5, 0.6) is 11.5 Å². The number of rotatable bonds is 6. The molecule has 2 amide bonds. The second-order valence-electron chi connectivity index (χ2n) is 5.48. The van der Waals surface area contributed by atoms with Gasteiger partial charge in [-0.3, -0.25) is 9.59 Å². The van der Waals surface area contributed by atoms with E-state index in [0.29, 0.717) is 23.6 Å². The van der Waals surface area contributed by atoms with Crippen LogP contribution in [0.15, 0.2) is 48.5 Å². The van der Waals surface area contributed by atoms with Gasteiger partial charge in [-0.05, 0) is 23.8 Å². The molecule has 130 valence electrons. The molecule has 3 N–H and O–H groups in total. The SMILES string of the molecule is O=C(NC(CO)C(=O)NCc1ccccc1)c1ccc2c(c1)OCO2. The van der Waals surface area contributed by atoms with E-state index in [1.165, 1.54) is 6.07 Å². The van der Waals surface area contributed by atoms with Gasteiger partial charge in [-0.15, -0.1) is 0 Å². The van der Waals surface area contributed by atoms with Gasteiger partial charge < -0.3 is 25.2 Å². The molecule has 3 rings (SSSR count). The smallest absolute Gasteiger partial charge is 0.252 e. The Bertz CT molecular complexity index is 763. The van der Waals surface area contributed by atoms with E-state index in [-0.39, 0.29) is 6.79 Å². The van der Waals surface area contributed by atoms with Gasteiger partial charge in [0.2, 0.25) is 12.7 Å². The summed E-state index contributed by atoms with van der Waals surface area (Å²) < 4.78 is 10.4. The number of carbonyl (C=O) groups is 2. The lowest BCUT2D eigenvalue weighted by atomic mass is 10.1. The maximum absolute atomic E-state index is 12.3. The summed E-state index contributed by atoms with van der Waals surface area (Å²) in [5.41, 5.74) is 1.24. The van der Waals surface area contributed by atoms with Crippen molar-refractivity contribution in [2.75, 3.05) is 13.4 Å². The predicted molar refractivity (Wildman–Crippen MR) is 89.2 cm³/mol. The molecular formula is C18H18N2O5. The molecule has 25 heavy (non-hydrogen) atoms. The molecule has 0 bridgehead atoms. The largest absolute Gasteiger partial charge is 0.454 e. The van der Waals surface area contributed by atoms with Crippen molar-refractivity contribution in [1.29, 1.82) is 0 Å². The molecule has 1 aliphatic heterocycles. The molecule has 1 heterocycles. The average molecular weight is 342 g/mol. The number of carbonyl (C=O) groups excluding carboxylic acids is 2. The first kappa shape index (κ1) is 16.8. The summed E-state index contributed by atoms with van der Waals surface area (Å²) in [4.78, 5) is 24.5. The number of hydrogen-bond donors (Lipinski definition) is 3. The standard InChI is InChI=1S/C18H18N2O5/c21-10-14(18(23)19-9-12-4-2-1-3-5-12)20-17(22)13-6-7-15-16(8-13)25-11-24-15/h1-8,14,21H,9-11H2,(H,19,23)(H,20,22). The molecule has 0 aromatic heterocycles. The van der Waals surface area contributed by atoms with Crippen LogP contribution in [-0.2, 0) is 11.3 Å². The second kappa shape index (κ2) is 7.67. The molecular weight excluding hydrogens is 324 g/mol. The minimum Gasteiger partial charge on any atom is -0.454 e. The Kier molecular flexibility index (Phi) is 5.15. The zero-order chi connectivity index (χ0) is 17.6. The highest BCUT2D eigenvalue weighted by Crippen LogP contribution is 2.32. The number of fused-ring (bicyclic) bond motifs is 1. The van der Waals surface area contributed by atoms with Crippen LogP contribution in [0.1, 0.15) is 15.9 Å². The van der Waals surface area contributed by atoms with Crippen molar-refractivity contribution in [2.45, 2.75) is 12.6 Å². The number of aliphatic hydroxyl groups is 1. The first-order valence-electron chi connectivity index (χ1n) is 7.80. The van der Waals surface area contributed by atoms with Crippen LogP contribution in [0.2, 0.25) is 0 Å². The molecule has 0 radical (unpaired) electrons. The quantitative estimate of drug-likeness (QED) is 0.722. The Labute approximate surface area is 144 Å². The minimum atomic E-state index is -1.04. The Morgan fingerprint density at radius 2 is 1.84 bits per heavy atom. The molecule has 2 aromatic rings. The van der Waals surface area contributed by atoms with Crippen LogP contribution in [-0.4, -0.2) is 36.4 Å². The summed E-state index contributed by atoms with van der Waals surface area (Å²) in [5, 5.41) is 14.6. The van der Waals surface area contributed by atoms with Crippen LogP contribution in [0.4, 0.5) is 0 Å². The zero-order valence-corrected chi connectivity index (χ0v) is 13.4. The van der Waals surface area contributed by atoms with Gasteiger partial charge in [0.1, 0.15) is 6.04 Å². The molecule has 7 nitrogen and oxygen atoms in total. The van der Waals surface area contributed by atoms with Crippen molar-refractivity contribution >= 4 is 11.8 Å². The third-order valence-electron chi connectivity index (χ3n) is 3.75. The molecule has 7 heteroatoms. The van der Waals surface area contributed by atoms with Crippen LogP contribution >= 0.6 is 0 Å². The van der Waals surface area contributed by atoms with Gasteiger partial charge >= 0.3 is 0 Å². The van der Waals surface area contributed by atoms with E-state index in [9.17, 15) is 14.7 Å². The van der Waals surface area contributed by atoms with Gasteiger partial charge in [0.05, 0.1) is 6.61 Å². The number of ether oxygens (including phenoxy) is 2. The van der Waals surface area contributed by atoms with Gasteiger partial charge in [0, 0.05) is 12.1 Å². The summed E-state index contributed by atoms with van der Waals surface area (Å²) in [6.07, 6.45) is 0. The van der Waals surface area contributed by atoms with Gasteiger partial charge in [0.25, 0.3) is 5.91 Å². The van der Waals surface area contributed by atoms with Crippen molar-refractivity contribution in [3.63, 3.8) is 0 Å². The number of aliphatic hydroxyl groups excluding tert-OH is 1. The molecule has 0 aliphatic carbocycles. The number of amides is 2. The van der Waals surface area contributed by atoms with Crippen molar-refractivity contribution in [3.05, 3.63) is 59.7 Å². The normalized spacial score (nSPS) is 13.2. The zero-order valence-electron chi connectivity index (χ0n) is 13.4. The highest BCUT2D eigenvalue weighted by Gasteiger charge is 2.22. The third-order valence-corrected chi connectivity index (χ3v) is 3.75. The van der Waals surface area contributed by atoms with E-state index in [1.807, 2.05) is 30.3 Å². The van der Waals surface area contributed by atoms with Crippen LogP contribution in [0.25, 0.3) is 0 Å². The van der Waals surface area contributed by atoms with Crippen molar-refractivity contribution < 1.29 is 24.2 Å². The van der Waals surface area contributed by atoms with Crippen LogP contribution in [0, 0.1) is 0 Å². The van der Waals surface area contributed by atoms with Gasteiger partial charge in [0.15, 0.2) is 11.5 Å². The lowest BCUT2D eigenvalue weighted by Gasteiger charge is -2.16. The van der Waals surface area contributed by atoms with E-state index in [0.717, 1.165) is 5.56 Å². The Morgan fingerprint density at radius 1 is 1.08 bits per heavy atom. The fourth-order valence-corrected chi connectivity index (χ4v) is 2.38. The average Bonchev–Trinajstić information content (AvgIpc) is 3.12. The Hall–Kier alpha value is -3.06. The van der Waals surface area contributed by atoms with Crippen molar-refractivity contribution in [2.24, 2.45) is 0 Å².